The van der Waals surface area contributed by atoms with Gasteiger partial charge in [-0.1, -0.05) is 0 Å². The SMILES string of the molecule is COC(=O)c1ccc(N)c(N[C@H](C)C(C)(C)OC)c1. The number of hydrogen-bond acceptors (Lipinski definition) is 5. The third kappa shape index (κ3) is 3.61. The lowest BCUT2D eigenvalue weighted by Crippen LogP contribution is -2.41. The lowest BCUT2D eigenvalue weighted by atomic mass is 9.99. The van der Waals surface area contributed by atoms with E-state index in [9.17, 15) is 4.79 Å². The molecule has 1 aromatic rings. The second-order valence-electron chi connectivity index (χ2n) is 4.97. The quantitative estimate of drug-likeness (QED) is 0.632. The van der Waals surface area contributed by atoms with E-state index in [-0.39, 0.29) is 17.6 Å². The molecule has 0 radical (unpaired) electrons. The fourth-order valence-corrected chi connectivity index (χ4v) is 1.51. The monoisotopic (exact) mass is 266 g/mol. The predicted octanol–water partition coefficient (Wildman–Crippen LogP) is 2.28. The van der Waals surface area contributed by atoms with Crippen LogP contribution in [0.25, 0.3) is 0 Å². The van der Waals surface area contributed by atoms with E-state index in [1.807, 2.05) is 20.8 Å². The summed E-state index contributed by atoms with van der Waals surface area (Å²) < 4.78 is 10.1. The van der Waals surface area contributed by atoms with Gasteiger partial charge in [-0.2, -0.15) is 0 Å². The van der Waals surface area contributed by atoms with Crippen LogP contribution < -0.4 is 11.1 Å². The maximum atomic E-state index is 11.5. The van der Waals surface area contributed by atoms with Gasteiger partial charge in [0.15, 0.2) is 0 Å². The van der Waals surface area contributed by atoms with E-state index in [2.05, 4.69) is 5.32 Å². The van der Waals surface area contributed by atoms with Crippen LogP contribution >= 0.6 is 0 Å². The molecule has 19 heavy (non-hydrogen) atoms. The van der Waals surface area contributed by atoms with Gasteiger partial charge in [-0.05, 0) is 39.0 Å². The van der Waals surface area contributed by atoms with Gasteiger partial charge in [0.25, 0.3) is 0 Å². The third-order valence-corrected chi connectivity index (χ3v) is 3.42. The zero-order valence-corrected chi connectivity index (χ0v) is 12.1. The highest BCUT2D eigenvalue weighted by Gasteiger charge is 2.25. The zero-order chi connectivity index (χ0) is 14.6. The lowest BCUT2D eigenvalue weighted by molar-refractivity contribution is 0.0107. The Balaban J connectivity index is 2.97. The number of carbonyl (C=O) groups is 1. The van der Waals surface area contributed by atoms with Crippen LogP contribution in [-0.4, -0.2) is 31.8 Å². The predicted molar refractivity (Wildman–Crippen MR) is 76.4 cm³/mol. The number of benzene rings is 1. The standard InChI is InChI=1S/C14H22N2O3/c1-9(14(2,3)19-5)16-12-8-10(13(17)18-4)6-7-11(12)15/h6-9,16H,15H2,1-5H3/t9-/m1/s1. The fourth-order valence-electron chi connectivity index (χ4n) is 1.51. The van der Waals surface area contributed by atoms with Gasteiger partial charge in [-0.3, -0.25) is 0 Å². The minimum atomic E-state index is -0.387. The number of nitrogens with two attached hydrogens (primary N) is 1. The molecule has 1 rings (SSSR count). The molecule has 0 aliphatic carbocycles. The smallest absolute Gasteiger partial charge is 0.337 e. The van der Waals surface area contributed by atoms with Gasteiger partial charge in [-0.15, -0.1) is 0 Å². The van der Waals surface area contributed by atoms with Crippen molar-refractivity contribution in [1.29, 1.82) is 0 Å². The summed E-state index contributed by atoms with van der Waals surface area (Å²) in [5, 5.41) is 3.26. The first kappa shape index (κ1) is 15.3. The Hall–Kier alpha value is -1.75. The number of nitrogens with one attached hydrogen (secondary N) is 1. The Kier molecular flexibility index (Phi) is 4.78. The molecule has 0 saturated heterocycles. The number of nitrogen functional groups attached to an aromatic ring is 1. The molecule has 0 fully saturated rings. The number of hydrogen-bond donors (Lipinski definition) is 2. The molecule has 0 aromatic heterocycles. The molecule has 0 saturated carbocycles. The van der Waals surface area contributed by atoms with E-state index in [1.54, 1.807) is 25.3 Å². The molecule has 106 valence electrons. The average Bonchev–Trinajstić information content (AvgIpc) is 2.40. The highest BCUT2D eigenvalue weighted by Crippen LogP contribution is 2.25. The van der Waals surface area contributed by atoms with Crippen LogP contribution in [-0.2, 0) is 9.47 Å². The number of anilines is 2. The van der Waals surface area contributed by atoms with Gasteiger partial charge in [0, 0.05) is 7.11 Å². The summed E-state index contributed by atoms with van der Waals surface area (Å²) in [5.41, 5.74) is 7.29. The van der Waals surface area contributed by atoms with Crippen LogP contribution in [0.2, 0.25) is 0 Å². The normalized spacial score (nSPS) is 12.9. The third-order valence-electron chi connectivity index (χ3n) is 3.42. The summed E-state index contributed by atoms with van der Waals surface area (Å²) in [6, 6.07) is 5.02. The summed E-state index contributed by atoms with van der Waals surface area (Å²) in [7, 11) is 3.01. The van der Waals surface area contributed by atoms with Crippen molar-refractivity contribution in [2.24, 2.45) is 0 Å². The largest absolute Gasteiger partial charge is 0.465 e. The van der Waals surface area contributed by atoms with Crippen molar-refractivity contribution in [2.45, 2.75) is 32.4 Å². The minimum Gasteiger partial charge on any atom is -0.465 e. The molecule has 0 aliphatic heterocycles. The van der Waals surface area contributed by atoms with Gasteiger partial charge in [0.05, 0.1) is 35.7 Å². The van der Waals surface area contributed by atoms with Gasteiger partial charge in [0.1, 0.15) is 0 Å². The van der Waals surface area contributed by atoms with Crippen molar-refractivity contribution in [2.75, 3.05) is 25.3 Å². The van der Waals surface area contributed by atoms with E-state index < -0.39 is 0 Å². The maximum absolute atomic E-state index is 11.5. The van der Waals surface area contributed by atoms with Crippen molar-refractivity contribution in [3.63, 3.8) is 0 Å². The second kappa shape index (κ2) is 5.93. The molecule has 0 amide bonds. The molecule has 0 heterocycles. The highest BCUT2D eigenvalue weighted by molar-refractivity contribution is 5.92. The number of esters is 1. The number of methoxy groups -OCH3 is 2. The summed E-state index contributed by atoms with van der Waals surface area (Å²) in [5.74, 6) is -0.387. The number of ether oxygens (including phenoxy) is 2. The Morgan fingerprint density at radius 3 is 2.53 bits per heavy atom. The molecule has 5 heteroatoms. The minimum absolute atomic E-state index is 0.0210. The van der Waals surface area contributed by atoms with Crippen molar-refractivity contribution in [3.05, 3.63) is 23.8 Å². The summed E-state index contributed by atoms with van der Waals surface area (Å²) in [4.78, 5) is 11.5. The molecule has 5 nitrogen and oxygen atoms in total. The fraction of sp³-hybridized carbons (Fsp3) is 0.500. The first-order valence-electron chi connectivity index (χ1n) is 6.11. The Morgan fingerprint density at radius 1 is 1.37 bits per heavy atom. The first-order valence-corrected chi connectivity index (χ1v) is 6.11. The van der Waals surface area contributed by atoms with Crippen molar-refractivity contribution >= 4 is 17.3 Å². The van der Waals surface area contributed by atoms with Crippen LogP contribution in [0.5, 0.6) is 0 Å². The van der Waals surface area contributed by atoms with Gasteiger partial charge >= 0.3 is 5.97 Å². The Labute approximate surface area is 114 Å². The van der Waals surface area contributed by atoms with Crippen molar-refractivity contribution in [3.8, 4) is 0 Å². The zero-order valence-electron chi connectivity index (χ0n) is 12.1. The average molecular weight is 266 g/mol. The number of carbonyl (C=O) groups excluding carboxylic acids is 1. The molecule has 0 aliphatic rings. The Bertz CT molecular complexity index is 458. The highest BCUT2D eigenvalue weighted by atomic mass is 16.5. The second-order valence-corrected chi connectivity index (χ2v) is 4.97. The summed E-state index contributed by atoms with van der Waals surface area (Å²) in [6.07, 6.45) is 0. The van der Waals surface area contributed by atoms with E-state index in [1.165, 1.54) is 7.11 Å². The van der Waals surface area contributed by atoms with E-state index in [0.29, 0.717) is 16.9 Å². The van der Waals surface area contributed by atoms with Gasteiger partial charge < -0.3 is 20.5 Å². The molecule has 0 spiro atoms. The first-order chi connectivity index (χ1) is 8.81. The summed E-state index contributed by atoms with van der Waals surface area (Å²) in [6.45, 7) is 5.95. The van der Waals surface area contributed by atoms with E-state index in [0.717, 1.165) is 0 Å². The van der Waals surface area contributed by atoms with Crippen molar-refractivity contribution < 1.29 is 14.3 Å². The van der Waals surface area contributed by atoms with Crippen LogP contribution in [0, 0.1) is 0 Å². The van der Waals surface area contributed by atoms with Crippen LogP contribution in [0.15, 0.2) is 18.2 Å². The molecule has 3 N–H and O–H groups in total. The van der Waals surface area contributed by atoms with Crippen molar-refractivity contribution in [1.82, 2.24) is 0 Å². The lowest BCUT2D eigenvalue weighted by Gasteiger charge is -2.32. The maximum Gasteiger partial charge on any atom is 0.337 e. The Morgan fingerprint density at radius 2 is 2.00 bits per heavy atom. The van der Waals surface area contributed by atoms with Gasteiger partial charge in [0.2, 0.25) is 0 Å². The number of rotatable bonds is 5. The van der Waals surface area contributed by atoms with Crippen LogP contribution in [0.3, 0.4) is 0 Å². The van der Waals surface area contributed by atoms with E-state index in [4.69, 9.17) is 15.2 Å². The van der Waals surface area contributed by atoms with Crippen LogP contribution in [0.1, 0.15) is 31.1 Å². The van der Waals surface area contributed by atoms with Gasteiger partial charge in [-0.25, -0.2) is 4.79 Å². The van der Waals surface area contributed by atoms with E-state index >= 15 is 0 Å². The molecule has 0 unspecified atom stereocenters. The molecular formula is C14H22N2O3. The molecular weight excluding hydrogens is 244 g/mol. The molecule has 0 bridgehead atoms. The topological polar surface area (TPSA) is 73.6 Å². The molecule has 1 atom stereocenters. The van der Waals surface area contributed by atoms with Crippen LogP contribution in [0.4, 0.5) is 11.4 Å². The summed E-state index contributed by atoms with van der Waals surface area (Å²) >= 11 is 0. The molecule has 1 aromatic carbocycles.